The van der Waals surface area contributed by atoms with Gasteiger partial charge in [0.25, 0.3) is 5.56 Å². The molecule has 0 spiro atoms. The van der Waals surface area contributed by atoms with Crippen LogP contribution in [0.3, 0.4) is 0 Å². The molecule has 1 aliphatic rings. The molecule has 1 aliphatic heterocycles. The number of nitrogens with zero attached hydrogens (tertiary/aromatic N) is 4. The molecule has 2 aromatic heterocycles. The first-order valence-electron chi connectivity index (χ1n) is 11.5. The molecule has 0 radical (unpaired) electrons. The summed E-state index contributed by atoms with van der Waals surface area (Å²) < 4.78 is 30.8. The predicted molar refractivity (Wildman–Crippen MR) is 139 cm³/mol. The van der Waals surface area contributed by atoms with Crippen LogP contribution in [-0.2, 0) is 9.84 Å². The highest BCUT2D eigenvalue weighted by Crippen LogP contribution is 2.23. The molecule has 0 amide bonds. The van der Waals surface area contributed by atoms with Crippen LogP contribution < -0.4 is 15.2 Å². The highest BCUT2D eigenvalue weighted by molar-refractivity contribution is 7.90. The zero-order valence-electron chi connectivity index (χ0n) is 20.1. The van der Waals surface area contributed by atoms with Gasteiger partial charge in [-0.05, 0) is 48.2 Å². The minimum Gasteiger partial charge on any atom is -0.490 e. The van der Waals surface area contributed by atoms with Crippen LogP contribution in [0.5, 0.6) is 5.75 Å². The minimum atomic E-state index is -3.28. The van der Waals surface area contributed by atoms with Gasteiger partial charge >= 0.3 is 0 Å². The first-order valence-corrected chi connectivity index (χ1v) is 13.4. The number of halogens is 1. The van der Waals surface area contributed by atoms with Crippen molar-refractivity contribution in [2.24, 2.45) is 0 Å². The number of hydrogen-bond donors (Lipinski definition) is 0. The van der Waals surface area contributed by atoms with Crippen LogP contribution >= 0.6 is 12.4 Å². The van der Waals surface area contributed by atoms with Gasteiger partial charge in [0.05, 0.1) is 4.90 Å². The summed E-state index contributed by atoms with van der Waals surface area (Å²) in [4.78, 5) is 24.1. The van der Waals surface area contributed by atoms with Crippen molar-refractivity contribution in [1.29, 1.82) is 0 Å². The van der Waals surface area contributed by atoms with Crippen molar-refractivity contribution in [3.63, 3.8) is 0 Å². The van der Waals surface area contributed by atoms with Gasteiger partial charge in [0.1, 0.15) is 11.9 Å². The Kier molecular flexibility index (Phi) is 8.56. The number of ether oxygens (including phenoxy) is 1. The molecular weight excluding hydrogens is 488 g/mol. The van der Waals surface area contributed by atoms with Crippen LogP contribution in [0.2, 0.25) is 0 Å². The molecule has 0 saturated carbocycles. The van der Waals surface area contributed by atoms with E-state index in [-0.39, 0.29) is 29.0 Å². The van der Waals surface area contributed by atoms with Gasteiger partial charge in [0, 0.05) is 62.5 Å². The smallest absolute Gasteiger partial charge is 0.258 e. The van der Waals surface area contributed by atoms with E-state index in [0.717, 1.165) is 50.1 Å². The van der Waals surface area contributed by atoms with E-state index in [4.69, 9.17) is 4.74 Å². The summed E-state index contributed by atoms with van der Waals surface area (Å²) in [5.74, 6) is 1.73. The standard InChI is InChI=1S/C25H30N4O4S.ClH/c1-4-18(2)19-16-26-25(27-17-19)28-12-9-21(10-13-28)33-22-11-14-29(24(30)15-22)20-5-7-23(8-6-20)34(3,31)32;/h5-8,11,14-18,21H,4,9-10,12-13H2,1-3H3;1H. The topological polar surface area (TPSA) is 94.4 Å². The number of anilines is 1. The second kappa shape index (κ2) is 11.2. The maximum Gasteiger partial charge on any atom is 0.258 e. The fraction of sp³-hybridized carbons (Fsp3) is 0.400. The zero-order chi connectivity index (χ0) is 24.3. The van der Waals surface area contributed by atoms with Crippen molar-refractivity contribution < 1.29 is 13.2 Å². The molecule has 1 atom stereocenters. The van der Waals surface area contributed by atoms with Crippen molar-refractivity contribution in [2.45, 2.75) is 50.0 Å². The van der Waals surface area contributed by atoms with E-state index >= 15 is 0 Å². The number of sulfone groups is 1. The van der Waals surface area contributed by atoms with Gasteiger partial charge in [-0.25, -0.2) is 18.4 Å². The first-order chi connectivity index (χ1) is 16.2. The summed E-state index contributed by atoms with van der Waals surface area (Å²) in [6.07, 6.45) is 9.34. The second-order valence-corrected chi connectivity index (χ2v) is 10.8. The van der Waals surface area contributed by atoms with Crippen LogP contribution in [0.15, 0.2) is 64.7 Å². The number of hydrogen-bond acceptors (Lipinski definition) is 7. The number of benzene rings is 1. The molecule has 1 fully saturated rings. The van der Waals surface area contributed by atoms with Crippen LogP contribution in [0.4, 0.5) is 5.95 Å². The molecule has 1 saturated heterocycles. The number of piperidine rings is 1. The average molecular weight is 519 g/mol. The lowest BCUT2D eigenvalue weighted by Gasteiger charge is -2.32. The SMILES string of the molecule is CCC(C)c1cnc(N2CCC(Oc3ccn(-c4ccc(S(C)(=O)=O)cc4)c(=O)c3)CC2)nc1.Cl. The largest absolute Gasteiger partial charge is 0.490 e. The third kappa shape index (κ3) is 6.41. The summed E-state index contributed by atoms with van der Waals surface area (Å²) in [6.45, 7) is 5.91. The van der Waals surface area contributed by atoms with Crippen LogP contribution in [-0.4, -0.2) is 48.4 Å². The molecule has 3 aromatic rings. The van der Waals surface area contributed by atoms with Gasteiger partial charge in [0.2, 0.25) is 5.95 Å². The Bertz CT molecular complexity index is 1290. The fourth-order valence-corrected chi connectivity index (χ4v) is 4.58. The van der Waals surface area contributed by atoms with Crippen molar-refractivity contribution in [1.82, 2.24) is 14.5 Å². The molecule has 0 aliphatic carbocycles. The highest BCUT2D eigenvalue weighted by atomic mass is 35.5. The molecular formula is C25H31ClN4O4S. The molecule has 3 heterocycles. The third-order valence-electron chi connectivity index (χ3n) is 6.30. The average Bonchev–Trinajstić information content (AvgIpc) is 2.84. The Labute approximate surface area is 212 Å². The van der Waals surface area contributed by atoms with E-state index in [1.54, 1.807) is 24.4 Å². The molecule has 8 nitrogen and oxygen atoms in total. The first kappa shape index (κ1) is 26.7. The normalized spacial score (nSPS) is 15.3. The lowest BCUT2D eigenvalue weighted by atomic mass is 10.0. The Balaban J connectivity index is 0.00000342. The van der Waals surface area contributed by atoms with Crippen molar-refractivity contribution in [2.75, 3.05) is 24.2 Å². The molecule has 35 heavy (non-hydrogen) atoms. The predicted octanol–water partition coefficient (Wildman–Crippen LogP) is 4.01. The Morgan fingerprint density at radius 2 is 1.71 bits per heavy atom. The lowest BCUT2D eigenvalue weighted by molar-refractivity contribution is 0.170. The summed E-state index contributed by atoms with van der Waals surface area (Å²) >= 11 is 0. The maximum absolute atomic E-state index is 12.6. The van der Waals surface area contributed by atoms with Gasteiger partial charge in [-0.15, -0.1) is 12.4 Å². The van der Waals surface area contributed by atoms with E-state index in [1.165, 1.54) is 22.8 Å². The lowest BCUT2D eigenvalue weighted by Crippen LogP contribution is -2.39. The van der Waals surface area contributed by atoms with Crippen LogP contribution in [0, 0.1) is 0 Å². The summed E-state index contributed by atoms with van der Waals surface area (Å²) in [7, 11) is -3.28. The molecule has 10 heteroatoms. The van der Waals surface area contributed by atoms with E-state index in [1.807, 2.05) is 12.4 Å². The fourth-order valence-electron chi connectivity index (χ4n) is 3.95. The van der Waals surface area contributed by atoms with E-state index in [9.17, 15) is 13.2 Å². The van der Waals surface area contributed by atoms with Crippen molar-refractivity contribution in [3.8, 4) is 11.4 Å². The summed E-state index contributed by atoms with van der Waals surface area (Å²) in [6, 6.07) is 9.45. The van der Waals surface area contributed by atoms with Gasteiger partial charge < -0.3 is 9.64 Å². The molecule has 4 rings (SSSR count). The minimum absolute atomic E-state index is 0. The number of aromatic nitrogens is 3. The van der Waals surface area contributed by atoms with Crippen molar-refractivity contribution >= 4 is 28.2 Å². The van der Waals surface area contributed by atoms with Gasteiger partial charge in [-0.1, -0.05) is 13.8 Å². The van der Waals surface area contributed by atoms with Crippen LogP contribution in [0.25, 0.3) is 5.69 Å². The second-order valence-electron chi connectivity index (χ2n) is 8.77. The zero-order valence-corrected chi connectivity index (χ0v) is 21.8. The molecule has 1 aromatic carbocycles. The maximum atomic E-state index is 12.6. The molecule has 0 bridgehead atoms. The molecule has 1 unspecified atom stereocenters. The quantitative estimate of drug-likeness (QED) is 0.466. The highest BCUT2D eigenvalue weighted by Gasteiger charge is 2.22. The summed E-state index contributed by atoms with van der Waals surface area (Å²) in [5.41, 5.74) is 1.51. The number of pyridine rings is 1. The van der Waals surface area contributed by atoms with Gasteiger partial charge in [0.15, 0.2) is 9.84 Å². The molecule has 0 N–H and O–H groups in total. The van der Waals surface area contributed by atoms with E-state index in [2.05, 4.69) is 28.7 Å². The van der Waals surface area contributed by atoms with Crippen LogP contribution in [0.1, 0.15) is 44.6 Å². The van der Waals surface area contributed by atoms with Crippen molar-refractivity contribution in [3.05, 3.63) is 70.9 Å². The third-order valence-corrected chi connectivity index (χ3v) is 7.43. The Hall–Kier alpha value is -2.91. The molecule has 188 valence electrons. The van der Waals surface area contributed by atoms with Gasteiger partial charge in [-0.3, -0.25) is 9.36 Å². The Morgan fingerprint density at radius 3 is 2.26 bits per heavy atom. The Morgan fingerprint density at radius 1 is 1.09 bits per heavy atom. The van der Waals surface area contributed by atoms with Gasteiger partial charge in [-0.2, -0.15) is 0 Å². The number of rotatable bonds is 7. The van der Waals surface area contributed by atoms with E-state index < -0.39 is 9.84 Å². The monoisotopic (exact) mass is 518 g/mol. The van der Waals surface area contributed by atoms with E-state index in [0.29, 0.717) is 17.4 Å². The summed E-state index contributed by atoms with van der Waals surface area (Å²) in [5, 5.41) is 0.